The maximum Gasteiger partial charge on any atom is 0.162 e. The fourth-order valence-corrected chi connectivity index (χ4v) is 2.96. The number of benzene rings is 2. The summed E-state index contributed by atoms with van der Waals surface area (Å²) in [5.41, 5.74) is 2.23. The molecule has 0 heterocycles. The average Bonchev–Trinajstić information content (AvgIpc) is 2.69. The number of ether oxygens (including phenoxy) is 4. The van der Waals surface area contributed by atoms with Crippen molar-refractivity contribution in [3.63, 3.8) is 0 Å². The number of anilines is 1. The predicted octanol–water partition coefficient (Wildman–Crippen LogP) is 5.16. The molecule has 2 rings (SSSR count). The Kier molecular flexibility index (Phi) is 7.85. The van der Waals surface area contributed by atoms with E-state index in [1.165, 1.54) is 0 Å². The molecule has 0 aromatic heterocycles. The van der Waals surface area contributed by atoms with E-state index in [0.717, 1.165) is 40.8 Å². The van der Waals surface area contributed by atoms with Crippen LogP contribution >= 0.6 is 0 Å². The molecule has 0 aliphatic rings. The molecule has 0 saturated heterocycles. The molecule has 0 aliphatic carbocycles. The highest BCUT2D eigenvalue weighted by molar-refractivity contribution is 5.57. The van der Waals surface area contributed by atoms with E-state index in [0.29, 0.717) is 18.6 Å². The molecule has 0 amide bonds. The zero-order chi connectivity index (χ0) is 20.7. The summed E-state index contributed by atoms with van der Waals surface area (Å²) in [7, 11) is 4.98. The van der Waals surface area contributed by atoms with Crippen molar-refractivity contribution in [1.82, 2.24) is 0 Å². The van der Waals surface area contributed by atoms with Crippen LogP contribution in [0.25, 0.3) is 0 Å². The second kappa shape index (κ2) is 10.1. The zero-order valence-corrected chi connectivity index (χ0v) is 18.1. The van der Waals surface area contributed by atoms with Crippen molar-refractivity contribution >= 4 is 5.69 Å². The van der Waals surface area contributed by atoms with Crippen LogP contribution in [0.2, 0.25) is 0 Å². The van der Waals surface area contributed by atoms with Crippen LogP contribution in [0.5, 0.6) is 23.0 Å². The third-order valence-electron chi connectivity index (χ3n) is 4.48. The fraction of sp³-hybridized carbons (Fsp3) is 0.478. The van der Waals surface area contributed by atoms with Gasteiger partial charge in [-0.15, -0.1) is 0 Å². The van der Waals surface area contributed by atoms with Gasteiger partial charge in [-0.25, -0.2) is 0 Å². The SMILES string of the molecule is COc1ccc(N(Cc2ccc(OCC(C)C)c(OC)c2)C(C)C)cc1OC. The Bertz CT molecular complexity index is 758. The van der Waals surface area contributed by atoms with Crippen LogP contribution in [0.3, 0.4) is 0 Å². The van der Waals surface area contributed by atoms with Gasteiger partial charge >= 0.3 is 0 Å². The van der Waals surface area contributed by atoms with Gasteiger partial charge in [0.25, 0.3) is 0 Å². The quantitative estimate of drug-likeness (QED) is 0.563. The molecule has 5 heteroatoms. The van der Waals surface area contributed by atoms with E-state index in [1.807, 2.05) is 24.3 Å². The highest BCUT2D eigenvalue weighted by atomic mass is 16.5. The van der Waals surface area contributed by atoms with Gasteiger partial charge in [0.15, 0.2) is 23.0 Å². The summed E-state index contributed by atoms with van der Waals surface area (Å²) in [6.45, 7) is 10.0. The maximum atomic E-state index is 5.87. The van der Waals surface area contributed by atoms with Gasteiger partial charge < -0.3 is 23.8 Å². The minimum atomic E-state index is 0.306. The van der Waals surface area contributed by atoms with Crippen molar-refractivity contribution in [3.05, 3.63) is 42.0 Å². The first-order valence-electron chi connectivity index (χ1n) is 9.68. The first-order chi connectivity index (χ1) is 13.4. The Labute approximate surface area is 169 Å². The topological polar surface area (TPSA) is 40.2 Å². The van der Waals surface area contributed by atoms with Crippen molar-refractivity contribution in [3.8, 4) is 23.0 Å². The molecule has 28 heavy (non-hydrogen) atoms. The van der Waals surface area contributed by atoms with Gasteiger partial charge in [-0.1, -0.05) is 19.9 Å². The normalized spacial score (nSPS) is 10.9. The summed E-state index contributed by atoms with van der Waals surface area (Å²) in [6, 6.07) is 12.4. The van der Waals surface area contributed by atoms with E-state index in [4.69, 9.17) is 18.9 Å². The lowest BCUT2D eigenvalue weighted by molar-refractivity contribution is 0.257. The van der Waals surface area contributed by atoms with Gasteiger partial charge in [-0.3, -0.25) is 0 Å². The van der Waals surface area contributed by atoms with Gasteiger partial charge in [0.1, 0.15) is 0 Å². The van der Waals surface area contributed by atoms with E-state index < -0.39 is 0 Å². The molecule has 0 saturated carbocycles. The lowest BCUT2D eigenvalue weighted by Crippen LogP contribution is -2.30. The summed E-state index contributed by atoms with van der Waals surface area (Å²) in [4.78, 5) is 2.31. The Balaban J connectivity index is 2.27. The Hall–Kier alpha value is -2.56. The molecular formula is C23H33NO4. The molecule has 0 unspecified atom stereocenters. The lowest BCUT2D eigenvalue weighted by atomic mass is 10.1. The molecule has 0 spiro atoms. The van der Waals surface area contributed by atoms with E-state index >= 15 is 0 Å². The summed E-state index contributed by atoms with van der Waals surface area (Å²) in [5, 5.41) is 0. The summed E-state index contributed by atoms with van der Waals surface area (Å²) in [6.07, 6.45) is 0. The van der Waals surface area contributed by atoms with E-state index in [1.54, 1.807) is 21.3 Å². The minimum Gasteiger partial charge on any atom is -0.493 e. The summed E-state index contributed by atoms with van der Waals surface area (Å²) >= 11 is 0. The number of nitrogens with zero attached hydrogens (tertiary/aromatic N) is 1. The summed E-state index contributed by atoms with van der Waals surface area (Å²) in [5.74, 6) is 3.45. The summed E-state index contributed by atoms with van der Waals surface area (Å²) < 4.78 is 22.2. The predicted molar refractivity (Wildman–Crippen MR) is 114 cm³/mol. The zero-order valence-electron chi connectivity index (χ0n) is 18.1. The molecule has 0 radical (unpaired) electrons. The van der Waals surface area contributed by atoms with Crippen LogP contribution in [0.4, 0.5) is 5.69 Å². The van der Waals surface area contributed by atoms with E-state index in [9.17, 15) is 0 Å². The maximum absolute atomic E-state index is 5.87. The van der Waals surface area contributed by atoms with Gasteiger partial charge in [-0.2, -0.15) is 0 Å². The Morgan fingerprint density at radius 2 is 1.36 bits per heavy atom. The highest BCUT2D eigenvalue weighted by Crippen LogP contribution is 2.34. The molecule has 2 aromatic rings. The van der Waals surface area contributed by atoms with Gasteiger partial charge in [0, 0.05) is 24.3 Å². The van der Waals surface area contributed by atoms with Gasteiger partial charge in [0.05, 0.1) is 27.9 Å². The molecular weight excluding hydrogens is 354 g/mol. The molecule has 154 valence electrons. The average molecular weight is 388 g/mol. The number of rotatable bonds is 10. The lowest BCUT2D eigenvalue weighted by Gasteiger charge is -2.30. The first-order valence-corrected chi connectivity index (χ1v) is 9.68. The van der Waals surface area contributed by atoms with Crippen LogP contribution in [-0.2, 0) is 6.54 Å². The third-order valence-corrected chi connectivity index (χ3v) is 4.48. The highest BCUT2D eigenvalue weighted by Gasteiger charge is 2.16. The Morgan fingerprint density at radius 1 is 0.750 bits per heavy atom. The monoisotopic (exact) mass is 387 g/mol. The molecule has 2 aromatic carbocycles. The third kappa shape index (κ3) is 5.47. The van der Waals surface area contributed by atoms with Crippen LogP contribution in [0, 0.1) is 5.92 Å². The van der Waals surface area contributed by atoms with Gasteiger partial charge in [0.2, 0.25) is 0 Å². The second-order valence-corrected chi connectivity index (χ2v) is 7.45. The minimum absolute atomic E-state index is 0.306. The smallest absolute Gasteiger partial charge is 0.162 e. The van der Waals surface area contributed by atoms with Crippen molar-refractivity contribution in [2.75, 3.05) is 32.8 Å². The van der Waals surface area contributed by atoms with Crippen LogP contribution in [0.15, 0.2) is 36.4 Å². The van der Waals surface area contributed by atoms with Gasteiger partial charge in [-0.05, 0) is 49.6 Å². The molecule has 5 nitrogen and oxygen atoms in total. The molecule has 0 N–H and O–H groups in total. The number of methoxy groups -OCH3 is 3. The fourth-order valence-electron chi connectivity index (χ4n) is 2.96. The standard InChI is InChI=1S/C23H33NO4/c1-16(2)15-28-21-10-8-18(12-22(21)26-6)14-24(17(3)4)19-9-11-20(25-5)23(13-19)27-7/h8-13,16-17H,14-15H2,1-7H3. The van der Waals surface area contributed by atoms with Crippen molar-refractivity contribution in [2.24, 2.45) is 5.92 Å². The van der Waals surface area contributed by atoms with E-state index in [2.05, 4.69) is 44.7 Å². The largest absolute Gasteiger partial charge is 0.493 e. The molecule has 0 bridgehead atoms. The van der Waals surface area contributed by atoms with Crippen LogP contribution in [-0.4, -0.2) is 34.0 Å². The van der Waals surface area contributed by atoms with Crippen LogP contribution < -0.4 is 23.8 Å². The number of hydrogen-bond donors (Lipinski definition) is 0. The van der Waals surface area contributed by atoms with Crippen LogP contribution in [0.1, 0.15) is 33.3 Å². The van der Waals surface area contributed by atoms with Crippen molar-refractivity contribution < 1.29 is 18.9 Å². The van der Waals surface area contributed by atoms with E-state index in [-0.39, 0.29) is 0 Å². The van der Waals surface area contributed by atoms with Crippen molar-refractivity contribution in [2.45, 2.75) is 40.3 Å². The molecule has 0 fully saturated rings. The first kappa shape index (κ1) is 21.7. The Morgan fingerprint density at radius 3 is 1.93 bits per heavy atom. The second-order valence-electron chi connectivity index (χ2n) is 7.45. The van der Waals surface area contributed by atoms with Crippen molar-refractivity contribution in [1.29, 1.82) is 0 Å². The number of hydrogen-bond acceptors (Lipinski definition) is 5. The molecule has 0 atom stereocenters. The molecule has 0 aliphatic heterocycles.